The lowest BCUT2D eigenvalue weighted by atomic mass is 9.99. The van der Waals surface area contributed by atoms with Gasteiger partial charge in [0, 0.05) is 35.3 Å². The van der Waals surface area contributed by atoms with Crippen LogP contribution >= 0.6 is 27.9 Å². The number of benzene rings is 1. The van der Waals surface area contributed by atoms with Gasteiger partial charge in [0.05, 0.1) is 0 Å². The van der Waals surface area contributed by atoms with E-state index in [-0.39, 0.29) is 5.54 Å². The van der Waals surface area contributed by atoms with Gasteiger partial charge in [-0.05, 0) is 44.4 Å². The lowest BCUT2D eigenvalue weighted by Crippen LogP contribution is -2.57. The van der Waals surface area contributed by atoms with Crippen molar-refractivity contribution in [2.45, 2.75) is 19.4 Å². The maximum absolute atomic E-state index is 3.49. The van der Waals surface area contributed by atoms with Crippen molar-refractivity contribution in [3.63, 3.8) is 0 Å². The minimum Gasteiger partial charge on any atom is -0.364 e. The number of nitrogens with zero attached hydrogens (tertiary/aromatic N) is 2. The van der Waals surface area contributed by atoms with E-state index in [9.17, 15) is 0 Å². The molecule has 0 aromatic heterocycles. The van der Waals surface area contributed by atoms with Crippen LogP contribution in [0.1, 0.15) is 13.8 Å². The first kappa shape index (κ1) is 13.2. The maximum Gasteiger partial charge on any atom is 0.0482 e. The molecule has 1 fully saturated rings. The van der Waals surface area contributed by atoms with Gasteiger partial charge in [-0.1, -0.05) is 27.9 Å². The number of rotatable bonds is 2. The number of halogens is 1. The van der Waals surface area contributed by atoms with Crippen LogP contribution in [0.4, 0.5) is 5.69 Å². The van der Waals surface area contributed by atoms with Crippen LogP contribution in [0.3, 0.4) is 0 Å². The Morgan fingerprint density at radius 2 is 1.82 bits per heavy atom. The lowest BCUT2D eigenvalue weighted by molar-refractivity contribution is 0.292. The molecule has 1 aromatic rings. The molecule has 4 heteroatoms. The lowest BCUT2D eigenvalue weighted by Gasteiger charge is -2.47. The monoisotopic (exact) mass is 314 g/mol. The third kappa shape index (κ3) is 2.98. The van der Waals surface area contributed by atoms with E-state index in [1.807, 2.05) is 11.9 Å². The molecular formula is C13H19BrN2S. The number of piperazine rings is 1. The fourth-order valence-electron chi connectivity index (χ4n) is 2.37. The van der Waals surface area contributed by atoms with Gasteiger partial charge in [-0.2, -0.15) is 0 Å². The molecule has 0 atom stereocenters. The Kier molecular flexibility index (Phi) is 4.06. The molecule has 0 unspecified atom stereocenters. The van der Waals surface area contributed by atoms with Crippen LogP contribution < -0.4 is 4.90 Å². The molecule has 2 rings (SSSR count). The zero-order valence-electron chi connectivity index (χ0n) is 10.6. The van der Waals surface area contributed by atoms with Crippen molar-refractivity contribution in [3.05, 3.63) is 28.7 Å². The van der Waals surface area contributed by atoms with Gasteiger partial charge < -0.3 is 4.90 Å². The molecule has 0 radical (unpaired) electrons. The predicted molar refractivity (Wildman–Crippen MR) is 80.7 cm³/mol. The minimum atomic E-state index is 0.190. The summed E-state index contributed by atoms with van der Waals surface area (Å²) in [5.74, 6) is 0. The molecule has 1 heterocycles. The first-order valence-corrected chi connectivity index (χ1v) is 7.83. The molecule has 1 saturated heterocycles. The summed E-state index contributed by atoms with van der Waals surface area (Å²) < 4.78 is 3.58. The van der Waals surface area contributed by atoms with E-state index in [1.54, 1.807) is 0 Å². The van der Waals surface area contributed by atoms with Gasteiger partial charge in [-0.3, -0.25) is 0 Å². The smallest absolute Gasteiger partial charge is 0.0482 e. The molecule has 1 aliphatic rings. The van der Waals surface area contributed by atoms with Gasteiger partial charge in [0.25, 0.3) is 0 Å². The highest BCUT2D eigenvalue weighted by Crippen LogP contribution is 2.30. The Morgan fingerprint density at radius 3 is 2.35 bits per heavy atom. The molecule has 94 valence electrons. The average molecular weight is 315 g/mol. The summed E-state index contributed by atoms with van der Waals surface area (Å²) in [6.07, 6.45) is 2.16. The molecule has 0 amide bonds. The molecule has 0 saturated carbocycles. The van der Waals surface area contributed by atoms with Gasteiger partial charge in [0.1, 0.15) is 0 Å². The van der Waals surface area contributed by atoms with Gasteiger partial charge in [-0.15, -0.1) is 0 Å². The third-order valence-corrected chi connectivity index (χ3v) is 4.62. The van der Waals surface area contributed by atoms with Gasteiger partial charge in [0.2, 0.25) is 0 Å². The highest BCUT2D eigenvalue weighted by molar-refractivity contribution is 9.10. The van der Waals surface area contributed by atoms with Crippen LogP contribution in [0, 0.1) is 0 Å². The molecule has 0 aliphatic carbocycles. The Bertz CT molecular complexity index is 378. The van der Waals surface area contributed by atoms with Crippen LogP contribution in [0.15, 0.2) is 28.7 Å². The third-order valence-electron chi connectivity index (χ3n) is 3.26. The first-order chi connectivity index (χ1) is 8.03. The van der Waals surface area contributed by atoms with Crippen LogP contribution in [0.2, 0.25) is 0 Å². The average Bonchev–Trinajstić information content (AvgIpc) is 2.29. The van der Waals surface area contributed by atoms with E-state index in [4.69, 9.17) is 0 Å². The highest BCUT2D eigenvalue weighted by atomic mass is 79.9. The summed E-state index contributed by atoms with van der Waals surface area (Å²) >= 11 is 5.34. The normalized spacial score (nSPS) is 20.6. The molecule has 0 bridgehead atoms. The second-order valence-electron chi connectivity index (χ2n) is 4.99. The zero-order chi connectivity index (χ0) is 12.5. The number of hydrogen-bond donors (Lipinski definition) is 0. The van der Waals surface area contributed by atoms with E-state index >= 15 is 0 Å². The predicted octanol–water partition coefficient (Wildman–Crippen LogP) is 3.63. The van der Waals surface area contributed by atoms with Gasteiger partial charge in [0.15, 0.2) is 0 Å². The van der Waals surface area contributed by atoms with Crippen LogP contribution in [0.5, 0.6) is 0 Å². The summed E-state index contributed by atoms with van der Waals surface area (Å²) in [5, 5.41) is 0. The van der Waals surface area contributed by atoms with Crippen molar-refractivity contribution < 1.29 is 0 Å². The second kappa shape index (κ2) is 5.21. The standard InChI is InChI=1S/C13H19BrN2S/c1-13(2)10-15(17-3)8-9-16(13)12-6-4-11(14)5-7-12/h4-7H,8-10H2,1-3H3. The molecule has 1 aliphatic heterocycles. The summed E-state index contributed by atoms with van der Waals surface area (Å²) in [5.41, 5.74) is 1.51. The largest absolute Gasteiger partial charge is 0.364 e. The summed E-state index contributed by atoms with van der Waals surface area (Å²) in [6.45, 7) is 7.95. The minimum absolute atomic E-state index is 0.190. The van der Waals surface area contributed by atoms with Crippen LogP contribution in [-0.4, -0.2) is 35.7 Å². The summed E-state index contributed by atoms with van der Waals surface area (Å²) in [4.78, 5) is 2.51. The van der Waals surface area contributed by atoms with Crippen LogP contribution in [-0.2, 0) is 0 Å². The van der Waals surface area contributed by atoms with Crippen molar-refractivity contribution in [3.8, 4) is 0 Å². The topological polar surface area (TPSA) is 6.48 Å². The molecular weight excluding hydrogens is 296 g/mol. The molecule has 1 aromatic carbocycles. The van der Waals surface area contributed by atoms with E-state index in [0.29, 0.717) is 0 Å². The number of hydrogen-bond acceptors (Lipinski definition) is 3. The van der Waals surface area contributed by atoms with E-state index in [0.717, 1.165) is 24.1 Å². The van der Waals surface area contributed by atoms with Crippen molar-refractivity contribution in [2.75, 3.05) is 30.8 Å². The van der Waals surface area contributed by atoms with E-state index in [2.05, 4.69) is 69.5 Å². The van der Waals surface area contributed by atoms with E-state index in [1.165, 1.54) is 5.69 Å². The van der Waals surface area contributed by atoms with Gasteiger partial charge >= 0.3 is 0 Å². The van der Waals surface area contributed by atoms with Crippen molar-refractivity contribution in [1.82, 2.24) is 4.31 Å². The highest BCUT2D eigenvalue weighted by Gasteiger charge is 2.33. The van der Waals surface area contributed by atoms with Crippen molar-refractivity contribution >= 4 is 33.6 Å². The Morgan fingerprint density at radius 1 is 1.18 bits per heavy atom. The number of anilines is 1. The Labute approximate surface area is 117 Å². The molecule has 2 nitrogen and oxygen atoms in total. The Balaban J connectivity index is 2.18. The second-order valence-corrected chi connectivity index (χ2v) is 6.78. The zero-order valence-corrected chi connectivity index (χ0v) is 13.0. The van der Waals surface area contributed by atoms with Crippen molar-refractivity contribution in [1.29, 1.82) is 0 Å². The van der Waals surface area contributed by atoms with Gasteiger partial charge in [-0.25, -0.2) is 4.31 Å². The van der Waals surface area contributed by atoms with E-state index < -0.39 is 0 Å². The Hall–Kier alpha value is -0.190. The molecule has 0 N–H and O–H groups in total. The maximum atomic E-state index is 3.49. The van der Waals surface area contributed by atoms with Crippen molar-refractivity contribution in [2.24, 2.45) is 0 Å². The fourth-order valence-corrected chi connectivity index (χ4v) is 3.34. The SMILES string of the molecule is CSN1CCN(c2ccc(Br)cc2)C(C)(C)C1. The first-order valence-electron chi connectivity index (χ1n) is 5.85. The fraction of sp³-hybridized carbons (Fsp3) is 0.538. The molecule has 17 heavy (non-hydrogen) atoms. The summed E-state index contributed by atoms with van der Waals surface area (Å²) in [7, 11) is 0. The quantitative estimate of drug-likeness (QED) is 0.770. The summed E-state index contributed by atoms with van der Waals surface area (Å²) in [6, 6.07) is 8.62. The molecule has 0 spiro atoms. The van der Waals surface area contributed by atoms with Crippen LogP contribution in [0.25, 0.3) is 0 Å².